The van der Waals surface area contributed by atoms with Crippen LogP contribution >= 0.6 is 0 Å². The van der Waals surface area contributed by atoms with Crippen molar-refractivity contribution in [3.8, 4) is 11.5 Å². The zero-order valence-corrected chi connectivity index (χ0v) is 23.2. The number of aryl methyl sites for hydroxylation is 1. The minimum Gasteiger partial charge on any atom is -0.487 e. The zero-order chi connectivity index (χ0) is 31.7. The Kier molecular flexibility index (Phi) is 10.5. The average molecular weight is 603 g/mol. The van der Waals surface area contributed by atoms with Gasteiger partial charge in [0.05, 0.1) is 11.7 Å². The van der Waals surface area contributed by atoms with Gasteiger partial charge >= 0.3 is 12.1 Å². The van der Waals surface area contributed by atoms with E-state index in [-0.39, 0.29) is 12.8 Å². The summed E-state index contributed by atoms with van der Waals surface area (Å²) in [4.78, 5) is 43.0. The Morgan fingerprint density at radius 3 is 2.37 bits per heavy atom. The first kappa shape index (κ1) is 32.2. The second-order valence-electron chi connectivity index (χ2n) is 9.34. The molecule has 0 fully saturated rings. The van der Waals surface area contributed by atoms with Gasteiger partial charge in [-0.3, -0.25) is 25.4 Å². The molecule has 0 spiro atoms. The first-order valence-corrected chi connectivity index (χ1v) is 12.7. The molecule has 2 aliphatic heterocycles. The summed E-state index contributed by atoms with van der Waals surface area (Å²) in [6.45, 7) is 5.61. The van der Waals surface area contributed by atoms with E-state index < -0.39 is 30.0 Å². The number of anilines is 1. The molecule has 6 N–H and O–H groups in total. The first-order chi connectivity index (χ1) is 20.2. The largest absolute Gasteiger partial charge is 0.490 e. The monoisotopic (exact) mass is 602 g/mol. The highest BCUT2D eigenvalue weighted by molar-refractivity contribution is 5.98. The summed E-state index contributed by atoms with van der Waals surface area (Å²) in [5.41, 5.74) is 14.2. The molecule has 4 bridgehead atoms. The molecule has 1 unspecified atom stereocenters. The molecule has 228 valence electrons. The van der Waals surface area contributed by atoms with Gasteiger partial charge in [0, 0.05) is 23.6 Å². The molecular formula is C28H29F3N6O6. The molecule has 0 aliphatic carbocycles. The molecule has 5 rings (SSSR count). The van der Waals surface area contributed by atoms with Crippen LogP contribution in [0.2, 0.25) is 0 Å². The molecule has 0 saturated heterocycles. The lowest BCUT2D eigenvalue weighted by Crippen LogP contribution is -2.45. The zero-order valence-electron chi connectivity index (χ0n) is 23.2. The Hall–Kier alpha value is -5.34. The van der Waals surface area contributed by atoms with Crippen LogP contribution < -0.4 is 31.4 Å². The number of nitrogens with zero attached hydrogens (tertiary/aromatic N) is 2. The smallest absolute Gasteiger partial charge is 0.487 e. The number of carbonyl (C=O) groups is 3. The minimum absolute atomic E-state index is 0.0314. The molecule has 0 saturated carbocycles. The number of amidine groups is 1. The van der Waals surface area contributed by atoms with Crippen LogP contribution in [0.5, 0.6) is 11.5 Å². The third-order valence-electron chi connectivity index (χ3n) is 5.55. The third-order valence-corrected chi connectivity index (χ3v) is 5.55. The number of pyridine rings is 1. The molecule has 2 amide bonds. The van der Waals surface area contributed by atoms with Crippen LogP contribution in [0, 0.1) is 6.92 Å². The van der Waals surface area contributed by atoms with Gasteiger partial charge < -0.3 is 25.6 Å². The number of aromatic nitrogens is 1. The molecule has 2 aromatic carbocycles. The summed E-state index contributed by atoms with van der Waals surface area (Å²) in [5.74, 6) is -2.47. The van der Waals surface area contributed by atoms with Gasteiger partial charge in [-0.25, -0.2) is 9.79 Å². The molecule has 1 atom stereocenters. The van der Waals surface area contributed by atoms with Crippen molar-refractivity contribution < 1.29 is 42.1 Å². The fraction of sp³-hybridized carbons (Fsp3) is 0.250. The van der Waals surface area contributed by atoms with Crippen molar-refractivity contribution in [3.63, 3.8) is 0 Å². The Labute approximate surface area is 244 Å². The van der Waals surface area contributed by atoms with E-state index in [1.807, 2.05) is 20.8 Å². The SMILES string of the molecule is Cc1cncc(C(=O)NNC(=O)C2Nc3ccc(cc3)/C(N)=N\COc3cc2ccc3OC(C)C)c1.O=C(O)C(F)(F)F. The molecule has 43 heavy (non-hydrogen) atoms. The van der Waals surface area contributed by atoms with Crippen LogP contribution in [-0.2, 0) is 9.59 Å². The van der Waals surface area contributed by atoms with Crippen LogP contribution in [0.3, 0.4) is 0 Å². The second-order valence-corrected chi connectivity index (χ2v) is 9.34. The minimum atomic E-state index is -5.08. The molecular weight excluding hydrogens is 573 g/mol. The Morgan fingerprint density at radius 2 is 1.77 bits per heavy atom. The summed E-state index contributed by atoms with van der Waals surface area (Å²) < 4.78 is 43.5. The van der Waals surface area contributed by atoms with Crippen molar-refractivity contribution in [3.05, 3.63) is 83.2 Å². The van der Waals surface area contributed by atoms with Crippen molar-refractivity contribution in [1.82, 2.24) is 15.8 Å². The number of aliphatic carboxylic acids is 1. The number of hydrogen-bond acceptors (Lipinski definition) is 9. The first-order valence-electron chi connectivity index (χ1n) is 12.7. The van der Waals surface area contributed by atoms with Crippen molar-refractivity contribution in [2.45, 2.75) is 39.1 Å². The Morgan fingerprint density at radius 1 is 1.09 bits per heavy atom. The van der Waals surface area contributed by atoms with Gasteiger partial charge in [0.2, 0.25) is 0 Å². The van der Waals surface area contributed by atoms with E-state index in [4.69, 9.17) is 25.1 Å². The number of hydrogen-bond donors (Lipinski definition) is 5. The number of aliphatic imine (C=N–C) groups is 1. The van der Waals surface area contributed by atoms with E-state index in [9.17, 15) is 22.8 Å². The summed E-state index contributed by atoms with van der Waals surface area (Å²) in [5, 5.41) is 10.3. The molecule has 0 radical (unpaired) electrons. The number of hydrazine groups is 1. The van der Waals surface area contributed by atoms with E-state index in [2.05, 4.69) is 26.1 Å². The molecule has 1 aromatic heterocycles. The van der Waals surface area contributed by atoms with Crippen molar-refractivity contribution in [1.29, 1.82) is 0 Å². The quantitative estimate of drug-likeness (QED) is 0.280. The molecule has 2 aliphatic rings. The number of nitrogens with two attached hydrogens (primary N) is 1. The standard InChI is InChI=1S/C26H28N6O4.C2HF3O2/c1-15(2)36-21-9-6-18-11-22(21)35-14-29-24(27)17-4-7-20(8-5-17)30-23(18)26(34)32-31-25(33)19-10-16(3)12-28-13-19;3-2(4,5)1(6)7/h4-13,15,23,30H,14H2,1-3H3,(H2,27,29)(H,31,33)(H,32,34);(H,6,7). The van der Waals surface area contributed by atoms with Gasteiger partial charge in [0.1, 0.15) is 11.9 Å². The number of fused-ring (bicyclic) bond motifs is 5. The van der Waals surface area contributed by atoms with Gasteiger partial charge in [-0.05, 0) is 74.4 Å². The average Bonchev–Trinajstić information content (AvgIpc) is 2.96. The highest BCUT2D eigenvalue weighted by Crippen LogP contribution is 2.33. The maximum absolute atomic E-state index is 13.3. The predicted molar refractivity (Wildman–Crippen MR) is 150 cm³/mol. The van der Waals surface area contributed by atoms with E-state index in [0.29, 0.717) is 39.7 Å². The van der Waals surface area contributed by atoms with Crippen molar-refractivity contribution in [2.24, 2.45) is 10.7 Å². The molecule has 3 heterocycles. The highest BCUT2D eigenvalue weighted by atomic mass is 19.4. The fourth-order valence-electron chi connectivity index (χ4n) is 3.58. The fourth-order valence-corrected chi connectivity index (χ4v) is 3.58. The number of rotatable bonds is 4. The van der Waals surface area contributed by atoms with E-state index >= 15 is 0 Å². The number of carboxylic acid groups (broad SMARTS) is 1. The number of halogens is 3. The molecule has 3 aromatic rings. The van der Waals surface area contributed by atoms with Gasteiger partial charge in [0.15, 0.2) is 18.2 Å². The molecule has 12 nitrogen and oxygen atoms in total. The van der Waals surface area contributed by atoms with Crippen LogP contribution in [0.4, 0.5) is 18.9 Å². The second kappa shape index (κ2) is 14.0. The number of carboxylic acids is 1. The maximum Gasteiger partial charge on any atom is 0.490 e. The number of ether oxygens (including phenoxy) is 2. The summed E-state index contributed by atoms with van der Waals surface area (Å²) in [6, 6.07) is 13.2. The van der Waals surface area contributed by atoms with Crippen LogP contribution in [0.1, 0.15) is 46.9 Å². The third kappa shape index (κ3) is 9.34. The van der Waals surface area contributed by atoms with Crippen LogP contribution in [-0.4, -0.2) is 52.7 Å². The van der Waals surface area contributed by atoms with Crippen LogP contribution in [0.15, 0.2) is 65.9 Å². The maximum atomic E-state index is 13.3. The summed E-state index contributed by atoms with van der Waals surface area (Å²) >= 11 is 0. The van der Waals surface area contributed by atoms with E-state index in [1.54, 1.807) is 54.7 Å². The lowest BCUT2D eigenvalue weighted by atomic mass is 10.0. The topological polar surface area (TPSA) is 177 Å². The number of amides is 2. The number of benzene rings is 2. The number of carbonyl (C=O) groups excluding carboxylic acids is 2. The normalized spacial score (nSPS) is 15.4. The van der Waals surface area contributed by atoms with Gasteiger partial charge in [-0.15, -0.1) is 0 Å². The lowest BCUT2D eigenvalue weighted by molar-refractivity contribution is -0.192. The van der Waals surface area contributed by atoms with E-state index in [1.165, 1.54) is 6.20 Å². The van der Waals surface area contributed by atoms with Gasteiger partial charge in [-0.2, -0.15) is 13.2 Å². The van der Waals surface area contributed by atoms with Gasteiger partial charge in [-0.1, -0.05) is 6.07 Å². The Bertz CT molecular complexity index is 1500. The van der Waals surface area contributed by atoms with E-state index in [0.717, 1.165) is 5.56 Å². The lowest BCUT2D eigenvalue weighted by Gasteiger charge is -2.22. The summed E-state index contributed by atoms with van der Waals surface area (Å²) in [6.07, 6.45) is -2.10. The Balaban J connectivity index is 0.000000646. The van der Waals surface area contributed by atoms with Crippen LogP contribution in [0.25, 0.3) is 0 Å². The van der Waals surface area contributed by atoms with Crippen molar-refractivity contribution in [2.75, 3.05) is 12.0 Å². The predicted octanol–water partition coefficient (Wildman–Crippen LogP) is 3.48. The van der Waals surface area contributed by atoms with Crippen molar-refractivity contribution >= 4 is 29.3 Å². The highest BCUT2D eigenvalue weighted by Gasteiger charge is 2.38. The summed E-state index contributed by atoms with van der Waals surface area (Å²) in [7, 11) is 0. The molecule has 15 heteroatoms. The number of nitrogens with one attached hydrogen (secondary N) is 3. The number of alkyl halides is 3. The van der Waals surface area contributed by atoms with Gasteiger partial charge in [0.25, 0.3) is 11.8 Å².